The summed E-state index contributed by atoms with van der Waals surface area (Å²) in [7, 11) is 0. The first kappa shape index (κ1) is 18.9. The fraction of sp³-hybridized carbons (Fsp3) is 0.857. The predicted octanol–water partition coefficient (Wildman–Crippen LogP) is 0.323. The van der Waals surface area contributed by atoms with Gasteiger partial charge in [0.05, 0.1) is 0 Å². The highest BCUT2D eigenvalue weighted by molar-refractivity contribution is 5.76. The molecule has 0 saturated heterocycles. The predicted molar refractivity (Wildman–Crippen MR) is 77.1 cm³/mol. The lowest BCUT2D eigenvalue weighted by Crippen LogP contribution is -2.35. The van der Waals surface area contributed by atoms with Crippen molar-refractivity contribution in [3.63, 3.8) is 0 Å². The van der Waals surface area contributed by atoms with Gasteiger partial charge in [-0.25, -0.2) is 0 Å². The molecule has 0 aromatic heterocycles. The fourth-order valence-corrected chi connectivity index (χ4v) is 1.82. The summed E-state index contributed by atoms with van der Waals surface area (Å²) in [5.41, 5.74) is 0. The Morgan fingerprint density at radius 1 is 1.00 bits per heavy atom. The number of rotatable bonds is 12. The van der Waals surface area contributed by atoms with Crippen molar-refractivity contribution >= 4 is 11.8 Å². The number of hydrogen-bond acceptors (Lipinski definition) is 4. The number of hydrogen-bond donors (Lipinski definition) is 4. The molecular formula is C14H28N2O4. The quantitative estimate of drug-likeness (QED) is 0.389. The maximum absolute atomic E-state index is 11.5. The van der Waals surface area contributed by atoms with Crippen molar-refractivity contribution in [2.45, 2.75) is 57.9 Å². The van der Waals surface area contributed by atoms with Gasteiger partial charge in [-0.1, -0.05) is 6.92 Å². The standard InChI is InChI=1S/C14H28N2O4/c1-2-12(16-14(20)8-5-11-18)6-3-9-15-13(19)7-4-10-17/h12,17-18H,2-11H2,1H3,(H,15,19)(H,16,20). The van der Waals surface area contributed by atoms with Crippen LogP contribution in [0.25, 0.3) is 0 Å². The van der Waals surface area contributed by atoms with Crippen LogP contribution in [0.1, 0.15) is 51.9 Å². The summed E-state index contributed by atoms with van der Waals surface area (Å²) in [6.45, 7) is 2.67. The Kier molecular flexibility index (Phi) is 12.1. The van der Waals surface area contributed by atoms with Crippen LogP contribution in [0.4, 0.5) is 0 Å². The van der Waals surface area contributed by atoms with E-state index in [-0.39, 0.29) is 31.1 Å². The summed E-state index contributed by atoms with van der Waals surface area (Å²) in [5.74, 6) is -0.0723. The molecule has 118 valence electrons. The molecule has 0 radical (unpaired) electrons. The molecule has 0 heterocycles. The van der Waals surface area contributed by atoms with E-state index in [1.807, 2.05) is 6.92 Å². The van der Waals surface area contributed by atoms with E-state index >= 15 is 0 Å². The minimum Gasteiger partial charge on any atom is -0.396 e. The molecule has 0 aromatic rings. The zero-order valence-electron chi connectivity index (χ0n) is 12.4. The average molecular weight is 288 g/mol. The van der Waals surface area contributed by atoms with Crippen LogP contribution in [0.5, 0.6) is 0 Å². The number of amides is 2. The van der Waals surface area contributed by atoms with Gasteiger partial charge in [0.1, 0.15) is 0 Å². The van der Waals surface area contributed by atoms with Crippen molar-refractivity contribution in [3.05, 3.63) is 0 Å². The lowest BCUT2D eigenvalue weighted by atomic mass is 10.1. The third-order valence-electron chi connectivity index (χ3n) is 3.03. The van der Waals surface area contributed by atoms with Crippen molar-refractivity contribution < 1.29 is 19.8 Å². The second-order valence-corrected chi connectivity index (χ2v) is 4.82. The topological polar surface area (TPSA) is 98.7 Å². The minimum atomic E-state index is -0.0425. The van der Waals surface area contributed by atoms with Crippen LogP contribution in [-0.4, -0.2) is 47.8 Å². The molecule has 0 fully saturated rings. The normalized spacial score (nSPS) is 11.9. The Balaban J connectivity index is 3.68. The number of carbonyl (C=O) groups excluding carboxylic acids is 2. The van der Waals surface area contributed by atoms with Crippen LogP contribution < -0.4 is 10.6 Å². The van der Waals surface area contributed by atoms with Crippen LogP contribution in [0.2, 0.25) is 0 Å². The zero-order valence-corrected chi connectivity index (χ0v) is 12.4. The molecule has 6 heteroatoms. The Bertz CT molecular complexity index is 272. The van der Waals surface area contributed by atoms with E-state index < -0.39 is 0 Å². The Labute approximate surface area is 120 Å². The van der Waals surface area contributed by atoms with Gasteiger partial charge in [0.25, 0.3) is 0 Å². The molecular weight excluding hydrogens is 260 g/mol. The first-order valence-corrected chi connectivity index (χ1v) is 7.41. The van der Waals surface area contributed by atoms with Crippen LogP contribution in [0.15, 0.2) is 0 Å². The number of aliphatic hydroxyl groups excluding tert-OH is 2. The highest BCUT2D eigenvalue weighted by Crippen LogP contribution is 2.02. The maximum atomic E-state index is 11.5. The number of nitrogens with one attached hydrogen (secondary N) is 2. The van der Waals surface area contributed by atoms with E-state index in [4.69, 9.17) is 10.2 Å². The lowest BCUT2D eigenvalue weighted by Gasteiger charge is -2.17. The molecule has 6 nitrogen and oxygen atoms in total. The van der Waals surface area contributed by atoms with Gasteiger partial charge in [-0.15, -0.1) is 0 Å². The molecule has 0 rings (SSSR count). The molecule has 0 bridgehead atoms. The van der Waals surface area contributed by atoms with Crippen molar-refractivity contribution in [3.8, 4) is 0 Å². The molecule has 0 spiro atoms. The van der Waals surface area contributed by atoms with Crippen molar-refractivity contribution in [2.24, 2.45) is 0 Å². The second-order valence-electron chi connectivity index (χ2n) is 4.82. The van der Waals surface area contributed by atoms with E-state index in [1.165, 1.54) is 0 Å². The molecule has 1 atom stereocenters. The Morgan fingerprint density at radius 3 is 2.15 bits per heavy atom. The summed E-state index contributed by atoms with van der Waals surface area (Å²) in [6, 6.07) is 0.121. The summed E-state index contributed by atoms with van der Waals surface area (Å²) >= 11 is 0. The molecule has 4 N–H and O–H groups in total. The molecule has 0 aliphatic rings. The van der Waals surface area contributed by atoms with E-state index in [9.17, 15) is 9.59 Å². The van der Waals surface area contributed by atoms with Gasteiger partial charge in [-0.2, -0.15) is 0 Å². The zero-order chi connectivity index (χ0) is 15.2. The van der Waals surface area contributed by atoms with E-state index in [1.54, 1.807) is 0 Å². The van der Waals surface area contributed by atoms with E-state index in [0.29, 0.717) is 32.2 Å². The average Bonchev–Trinajstić information content (AvgIpc) is 2.45. The molecule has 20 heavy (non-hydrogen) atoms. The van der Waals surface area contributed by atoms with E-state index in [0.717, 1.165) is 19.3 Å². The van der Waals surface area contributed by atoms with Gasteiger partial charge in [0.2, 0.25) is 11.8 Å². The molecule has 0 saturated carbocycles. The van der Waals surface area contributed by atoms with Gasteiger partial charge in [-0.3, -0.25) is 9.59 Å². The largest absolute Gasteiger partial charge is 0.396 e. The molecule has 1 unspecified atom stereocenters. The summed E-state index contributed by atoms with van der Waals surface area (Å²) in [6.07, 6.45) is 4.17. The van der Waals surface area contributed by atoms with E-state index in [2.05, 4.69) is 10.6 Å². The smallest absolute Gasteiger partial charge is 0.220 e. The third-order valence-corrected chi connectivity index (χ3v) is 3.03. The SMILES string of the molecule is CCC(CCCNC(=O)CCCO)NC(=O)CCCO. The van der Waals surface area contributed by atoms with Crippen LogP contribution in [-0.2, 0) is 9.59 Å². The Morgan fingerprint density at radius 2 is 1.60 bits per heavy atom. The Hall–Kier alpha value is -1.14. The third kappa shape index (κ3) is 10.8. The molecule has 0 aromatic carbocycles. The number of carbonyl (C=O) groups is 2. The van der Waals surface area contributed by atoms with Gasteiger partial charge in [0.15, 0.2) is 0 Å². The fourth-order valence-electron chi connectivity index (χ4n) is 1.82. The van der Waals surface area contributed by atoms with Gasteiger partial charge in [-0.05, 0) is 32.1 Å². The van der Waals surface area contributed by atoms with Crippen molar-refractivity contribution in [1.82, 2.24) is 10.6 Å². The summed E-state index contributed by atoms with van der Waals surface area (Å²) < 4.78 is 0. The molecule has 0 aliphatic heterocycles. The minimum absolute atomic E-state index is 0.0297. The monoisotopic (exact) mass is 288 g/mol. The molecule has 2 amide bonds. The number of aliphatic hydroxyl groups is 2. The van der Waals surface area contributed by atoms with Gasteiger partial charge >= 0.3 is 0 Å². The first-order valence-electron chi connectivity index (χ1n) is 7.41. The van der Waals surface area contributed by atoms with Crippen molar-refractivity contribution in [2.75, 3.05) is 19.8 Å². The summed E-state index contributed by atoms with van der Waals surface area (Å²) in [5, 5.41) is 23.0. The molecule has 0 aliphatic carbocycles. The lowest BCUT2D eigenvalue weighted by molar-refractivity contribution is -0.122. The second kappa shape index (κ2) is 12.9. The van der Waals surface area contributed by atoms with Crippen LogP contribution >= 0.6 is 0 Å². The highest BCUT2D eigenvalue weighted by Gasteiger charge is 2.10. The first-order chi connectivity index (χ1) is 9.63. The van der Waals surface area contributed by atoms with Gasteiger partial charge in [0, 0.05) is 38.6 Å². The van der Waals surface area contributed by atoms with Crippen molar-refractivity contribution in [1.29, 1.82) is 0 Å². The van der Waals surface area contributed by atoms with Crippen LogP contribution in [0.3, 0.4) is 0 Å². The highest BCUT2D eigenvalue weighted by atomic mass is 16.3. The van der Waals surface area contributed by atoms with Crippen LogP contribution in [0, 0.1) is 0 Å². The summed E-state index contributed by atoms with van der Waals surface area (Å²) in [4.78, 5) is 22.8. The maximum Gasteiger partial charge on any atom is 0.220 e. The van der Waals surface area contributed by atoms with Gasteiger partial charge < -0.3 is 20.8 Å².